The van der Waals surface area contributed by atoms with Crippen LogP contribution in [0.15, 0.2) is 48.8 Å². The van der Waals surface area contributed by atoms with Crippen LogP contribution in [0.1, 0.15) is 5.56 Å². The summed E-state index contributed by atoms with van der Waals surface area (Å²) in [4.78, 5) is 13.1. The van der Waals surface area contributed by atoms with E-state index in [4.69, 9.17) is 11.6 Å². The number of rotatable bonds is 2. The Balaban J connectivity index is 2.07. The zero-order chi connectivity index (χ0) is 12.4. The molecule has 3 aromatic rings. The number of aromatic nitrogens is 3. The van der Waals surface area contributed by atoms with Crippen LogP contribution in [0.2, 0.25) is 0 Å². The molecule has 0 aliphatic carbocycles. The summed E-state index contributed by atoms with van der Waals surface area (Å²) in [6, 6.07) is 11.9. The van der Waals surface area contributed by atoms with Crippen LogP contribution >= 0.6 is 11.6 Å². The summed E-state index contributed by atoms with van der Waals surface area (Å²) in [5, 5.41) is 1.11. The van der Waals surface area contributed by atoms with Crippen LogP contribution in [-0.2, 0) is 5.88 Å². The lowest BCUT2D eigenvalue weighted by molar-refractivity contribution is 1.11. The zero-order valence-electron chi connectivity index (χ0n) is 9.55. The highest BCUT2D eigenvalue weighted by atomic mass is 35.5. The van der Waals surface area contributed by atoms with Gasteiger partial charge in [-0.05, 0) is 12.1 Å². The molecule has 0 radical (unpaired) electrons. The molecule has 18 heavy (non-hydrogen) atoms. The van der Waals surface area contributed by atoms with Crippen molar-refractivity contribution in [3.05, 3.63) is 54.4 Å². The molecule has 0 fully saturated rings. The highest BCUT2D eigenvalue weighted by Gasteiger charge is 2.04. The minimum absolute atomic E-state index is 0.422. The molecule has 2 aromatic heterocycles. The van der Waals surface area contributed by atoms with Gasteiger partial charge in [0.2, 0.25) is 0 Å². The largest absolute Gasteiger partial charge is 0.244 e. The van der Waals surface area contributed by atoms with Crippen LogP contribution in [0.5, 0.6) is 0 Å². The van der Waals surface area contributed by atoms with Crippen LogP contribution in [-0.4, -0.2) is 15.0 Å². The van der Waals surface area contributed by atoms with Crippen molar-refractivity contribution < 1.29 is 0 Å². The average molecular weight is 256 g/mol. The normalized spacial score (nSPS) is 10.7. The molecule has 3 rings (SSSR count). The molecule has 2 heterocycles. The number of fused-ring (bicyclic) bond motifs is 1. The standard InChI is InChI=1S/C14H10ClN3/c15-7-10-8-16-14(17-9-10)13-6-5-11-3-1-2-4-12(11)18-13/h1-6,8-9H,7H2. The zero-order valence-corrected chi connectivity index (χ0v) is 10.3. The van der Waals surface area contributed by atoms with E-state index in [9.17, 15) is 0 Å². The van der Waals surface area contributed by atoms with E-state index in [2.05, 4.69) is 15.0 Å². The molecule has 0 saturated carbocycles. The lowest BCUT2D eigenvalue weighted by Gasteiger charge is -2.02. The van der Waals surface area contributed by atoms with Gasteiger partial charge in [0.05, 0.1) is 11.4 Å². The van der Waals surface area contributed by atoms with Crippen LogP contribution in [0.4, 0.5) is 0 Å². The summed E-state index contributed by atoms with van der Waals surface area (Å²) in [7, 11) is 0. The van der Waals surface area contributed by atoms with Crippen LogP contribution < -0.4 is 0 Å². The molecular formula is C14H10ClN3. The highest BCUT2D eigenvalue weighted by molar-refractivity contribution is 6.17. The van der Waals surface area contributed by atoms with E-state index in [1.807, 2.05) is 36.4 Å². The molecule has 0 amide bonds. The van der Waals surface area contributed by atoms with Gasteiger partial charge in [-0.15, -0.1) is 11.6 Å². The average Bonchev–Trinajstić information content (AvgIpc) is 2.47. The van der Waals surface area contributed by atoms with Crippen molar-refractivity contribution in [1.82, 2.24) is 15.0 Å². The number of para-hydroxylation sites is 1. The molecule has 0 spiro atoms. The number of halogens is 1. The fraction of sp³-hybridized carbons (Fsp3) is 0.0714. The third-order valence-corrected chi connectivity index (χ3v) is 3.00. The van der Waals surface area contributed by atoms with Gasteiger partial charge in [0.25, 0.3) is 0 Å². The van der Waals surface area contributed by atoms with Crippen molar-refractivity contribution in [2.24, 2.45) is 0 Å². The Kier molecular flexibility index (Phi) is 2.90. The van der Waals surface area contributed by atoms with Gasteiger partial charge in [-0.25, -0.2) is 15.0 Å². The summed E-state index contributed by atoms with van der Waals surface area (Å²) >= 11 is 5.71. The van der Waals surface area contributed by atoms with E-state index in [0.29, 0.717) is 11.7 Å². The Hall–Kier alpha value is -2.00. The smallest absolute Gasteiger partial charge is 0.178 e. The molecule has 1 aromatic carbocycles. The topological polar surface area (TPSA) is 38.7 Å². The fourth-order valence-corrected chi connectivity index (χ4v) is 1.88. The van der Waals surface area contributed by atoms with Gasteiger partial charge in [-0.1, -0.05) is 24.3 Å². The Labute approximate surface area is 109 Å². The molecule has 0 N–H and O–H groups in total. The minimum Gasteiger partial charge on any atom is -0.244 e. The van der Waals surface area contributed by atoms with Gasteiger partial charge in [-0.3, -0.25) is 0 Å². The Bertz CT molecular complexity index is 680. The third kappa shape index (κ3) is 2.05. The summed E-state index contributed by atoms with van der Waals surface area (Å²) in [5.74, 6) is 1.04. The second kappa shape index (κ2) is 4.70. The molecule has 3 nitrogen and oxygen atoms in total. The van der Waals surface area contributed by atoms with Gasteiger partial charge in [0.15, 0.2) is 5.82 Å². The van der Waals surface area contributed by atoms with Gasteiger partial charge in [0, 0.05) is 23.3 Å². The quantitative estimate of drug-likeness (QED) is 0.659. The second-order valence-corrected chi connectivity index (χ2v) is 4.21. The van der Waals surface area contributed by atoms with Crippen molar-refractivity contribution in [3.63, 3.8) is 0 Å². The lowest BCUT2D eigenvalue weighted by atomic mass is 10.2. The second-order valence-electron chi connectivity index (χ2n) is 3.94. The minimum atomic E-state index is 0.422. The lowest BCUT2D eigenvalue weighted by Crippen LogP contribution is -1.93. The SMILES string of the molecule is ClCc1cnc(-c2ccc3ccccc3n2)nc1. The molecule has 0 unspecified atom stereocenters. The summed E-state index contributed by atoms with van der Waals surface area (Å²) in [5.41, 5.74) is 2.62. The van der Waals surface area contributed by atoms with Crippen molar-refractivity contribution in [1.29, 1.82) is 0 Å². The first-order valence-corrected chi connectivity index (χ1v) is 6.13. The van der Waals surface area contributed by atoms with Crippen molar-refractivity contribution >= 4 is 22.5 Å². The Morgan fingerprint density at radius 3 is 2.50 bits per heavy atom. The number of alkyl halides is 1. The van der Waals surface area contributed by atoms with Gasteiger partial charge in [0.1, 0.15) is 5.69 Å². The van der Waals surface area contributed by atoms with Crippen molar-refractivity contribution in [3.8, 4) is 11.5 Å². The van der Waals surface area contributed by atoms with Crippen LogP contribution in [0.3, 0.4) is 0 Å². The van der Waals surface area contributed by atoms with E-state index in [1.54, 1.807) is 12.4 Å². The van der Waals surface area contributed by atoms with Crippen LogP contribution in [0.25, 0.3) is 22.4 Å². The maximum absolute atomic E-state index is 5.71. The van der Waals surface area contributed by atoms with Gasteiger partial charge < -0.3 is 0 Å². The number of hydrogen-bond donors (Lipinski definition) is 0. The summed E-state index contributed by atoms with van der Waals surface area (Å²) < 4.78 is 0. The molecule has 0 bridgehead atoms. The molecule has 0 saturated heterocycles. The molecule has 0 aliphatic heterocycles. The first kappa shape index (κ1) is 11.1. The first-order valence-electron chi connectivity index (χ1n) is 5.60. The van der Waals surface area contributed by atoms with Crippen molar-refractivity contribution in [2.45, 2.75) is 5.88 Å². The molecule has 0 aliphatic rings. The molecular weight excluding hydrogens is 246 g/mol. The molecule has 4 heteroatoms. The number of benzene rings is 1. The van der Waals surface area contributed by atoms with E-state index >= 15 is 0 Å². The van der Waals surface area contributed by atoms with Crippen LogP contribution in [0, 0.1) is 0 Å². The van der Waals surface area contributed by atoms with Gasteiger partial charge >= 0.3 is 0 Å². The van der Waals surface area contributed by atoms with E-state index < -0.39 is 0 Å². The van der Waals surface area contributed by atoms with E-state index in [1.165, 1.54) is 0 Å². The monoisotopic (exact) mass is 255 g/mol. The predicted octanol–water partition coefficient (Wildman–Crippen LogP) is 3.43. The molecule has 88 valence electrons. The first-order chi connectivity index (χ1) is 8.86. The third-order valence-electron chi connectivity index (χ3n) is 2.69. The summed E-state index contributed by atoms with van der Waals surface area (Å²) in [6.07, 6.45) is 3.46. The number of hydrogen-bond acceptors (Lipinski definition) is 3. The maximum atomic E-state index is 5.71. The fourth-order valence-electron chi connectivity index (χ4n) is 1.75. The Morgan fingerprint density at radius 1 is 0.944 bits per heavy atom. The van der Waals surface area contributed by atoms with E-state index in [0.717, 1.165) is 22.2 Å². The number of pyridine rings is 1. The Morgan fingerprint density at radius 2 is 1.72 bits per heavy atom. The van der Waals surface area contributed by atoms with E-state index in [-0.39, 0.29) is 0 Å². The summed E-state index contributed by atoms with van der Waals surface area (Å²) in [6.45, 7) is 0. The van der Waals surface area contributed by atoms with Gasteiger partial charge in [-0.2, -0.15) is 0 Å². The number of nitrogens with zero attached hydrogens (tertiary/aromatic N) is 3. The maximum Gasteiger partial charge on any atom is 0.178 e. The predicted molar refractivity (Wildman–Crippen MR) is 72.3 cm³/mol. The highest BCUT2D eigenvalue weighted by Crippen LogP contribution is 2.17. The van der Waals surface area contributed by atoms with Crippen molar-refractivity contribution in [2.75, 3.05) is 0 Å². The molecule has 0 atom stereocenters.